The lowest BCUT2D eigenvalue weighted by Crippen LogP contribution is -2.13. The van der Waals surface area contributed by atoms with Crippen molar-refractivity contribution in [3.05, 3.63) is 48.2 Å². The topological polar surface area (TPSA) is 67.8 Å². The number of carbonyl (C=O) groups excluding carboxylic acids is 1. The summed E-state index contributed by atoms with van der Waals surface area (Å²) >= 11 is 0. The molecule has 2 rings (SSSR count). The summed E-state index contributed by atoms with van der Waals surface area (Å²) in [4.78, 5) is 23.5. The number of nitrogens with zero attached hydrogens (tertiary/aromatic N) is 3. The summed E-state index contributed by atoms with van der Waals surface area (Å²) in [6.45, 7) is 1.88. The van der Waals surface area contributed by atoms with Crippen LogP contribution in [0, 0.1) is 6.92 Å². The van der Waals surface area contributed by atoms with Gasteiger partial charge in [0.1, 0.15) is 0 Å². The molecule has 16 heavy (non-hydrogen) atoms. The van der Waals surface area contributed by atoms with Gasteiger partial charge in [-0.3, -0.25) is 14.8 Å². The van der Waals surface area contributed by atoms with Gasteiger partial charge >= 0.3 is 0 Å². The summed E-state index contributed by atoms with van der Waals surface area (Å²) < 4.78 is 0. The van der Waals surface area contributed by atoms with Crippen molar-refractivity contribution in [2.45, 2.75) is 6.92 Å². The average molecular weight is 214 g/mol. The maximum absolute atomic E-state index is 11.7. The van der Waals surface area contributed by atoms with Crippen LogP contribution in [0.15, 0.2) is 37.1 Å². The van der Waals surface area contributed by atoms with Crippen molar-refractivity contribution in [2.75, 3.05) is 5.32 Å². The molecule has 0 aliphatic carbocycles. The Hall–Kier alpha value is -2.30. The zero-order valence-electron chi connectivity index (χ0n) is 8.71. The normalized spacial score (nSPS) is 9.81. The summed E-state index contributed by atoms with van der Waals surface area (Å²) in [7, 11) is 0. The van der Waals surface area contributed by atoms with Crippen molar-refractivity contribution in [1.82, 2.24) is 15.0 Å². The minimum atomic E-state index is -0.239. The number of aromatic nitrogens is 3. The molecule has 0 bridgehead atoms. The van der Waals surface area contributed by atoms with E-state index in [1.807, 2.05) is 6.92 Å². The molecule has 5 nitrogen and oxygen atoms in total. The molecule has 2 aromatic heterocycles. The van der Waals surface area contributed by atoms with Crippen molar-refractivity contribution in [3.8, 4) is 0 Å². The maximum atomic E-state index is 11.7. The lowest BCUT2D eigenvalue weighted by atomic mass is 10.2. The molecule has 2 aromatic rings. The van der Waals surface area contributed by atoms with Gasteiger partial charge in [0.25, 0.3) is 5.91 Å². The quantitative estimate of drug-likeness (QED) is 0.821. The Kier molecular flexibility index (Phi) is 2.86. The third kappa shape index (κ3) is 2.38. The van der Waals surface area contributed by atoms with Gasteiger partial charge in [0.15, 0.2) is 5.82 Å². The van der Waals surface area contributed by atoms with E-state index in [2.05, 4.69) is 20.3 Å². The number of carbonyl (C=O) groups is 1. The Labute approximate surface area is 92.6 Å². The molecule has 0 radical (unpaired) electrons. The number of anilines is 1. The van der Waals surface area contributed by atoms with Gasteiger partial charge in [-0.05, 0) is 18.6 Å². The van der Waals surface area contributed by atoms with E-state index in [9.17, 15) is 4.79 Å². The largest absolute Gasteiger partial charge is 0.305 e. The molecule has 0 saturated carbocycles. The van der Waals surface area contributed by atoms with Crippen LogP contribution in [0.3, 0.4) is 0 Å². The molecule has 0 spiro atoms. The van der Waals surface area contributed by atoms with Crippen molar-refractivity contribution in [2.24, 2.45) is 0 Å². The van der Waals surface area contributed by atoms with Gasteiger partial charge in [0.05, 0.1) is 11.8 Å². The van der Waals surface area contributed by atoms with Crippen LogP contribution in [0.25, 0.3) is 0 Å². The van der Waals surface area contributed by atoms with E-state index < -0.39 is 0 Å². The Morgan fingerprint density at radius 1 is 1.19 bits per heavy atom. The Bertz CT molecular complexity index is 498. The summed E-state index contributed by atoms with van der Waals surface area (Å²) in [6, 6.07) is 1.76. The van der Waals surface area contributed by atoms with Crippen LogP contribution in [-0.2, 0) is 0 Å². The van der Waals surface area contributed by atoms with Gasteiger partial charge in [-0.25, -0.2) is 4.98 Å². The fourth-order valence-electron chi connectivity index (χ4n) is 1.23. The van der Waals surface area contributed by atoms with E-state index in [0.717, 1.165) is 5.56 Å². The maximum Gasteiger partial charge on any atom is 0.258 e. The Balaban J connectivity index is 2.15. The smallest absolute Gasteiger partial charge is 0.258 e. The third-order valence-corrected chi connectivity index (χ3v) is 1.94. The van der Waals surface area contributed by atoms with E-state index in [1.165, 1.54) is 18.6 Å². The second kappa shape index (κ2) is 4.48. The van der Waals surface area contributed by atoms with E-state index in [4.69, 9.17) is 0 Å². The minimum Gasteiger partial charge on any atom is -0.305 e. The molecule has 0 aliphatic rings. The Morgan fingerprint density at radius 3 is 2.75 bits per heavy atom. The van der Waals surface area contributed by atoms with Gasteiger partial charge in [0, 0.05) is 24.8 Å². The van der Waals surface area contributed by atoms with Crippen LogP contribution in [0.4, 0.5) is 5.82 Å². The number of pyridine rings is 1. The molecule has 5 heteroatoms. The molecular formula is C11H10N4O. The number of hydrogen-bond acceptors (Lipinski definition) is 4. The monoisotopic (exact) mass is 214 g/mol. The number of aryl methyl sites for hydroxylation is 1. The first-order chi connectivity index (χ1) is 7.75. The molecule has 1 amide bonds. The molecule has 0 atom stereocenters. The van der Waals surface area contributed by atoms with Crippen LogP contribution >= 0.6 is 0 Å². The van der Waals surface area contributed by atoms with Crippen LogP contribution in [-0.4, -0.2) is 20.9 Å². The van der Waals surface area contributed by atoms with E-state index >= 15 is 0 Å². The first kappa shape index (κ1) is 10.2. The predicted molar refractivity (Wildman–Crippen MR) is 59.0 cm³/mol. The fourth-order valence-corrected chi connectivity index (χ4v) is 1.23. The second-order valence-corrected chi connectivity index (χ2v) is 3.30. The van der Waals surface area contributed by atoms with Crippen molar-refractivity contribution in [3.63, 3.8) is 0 Å². The number of hydrogen-bond donors (Lipinski definition) is 1. The van der Waals surface area contributed by atoms with Crippen molar-refractivity contribution >= 4 is 11.7 Å². The molecule has 80 valence electrons. The highest BCUT2D eigenvalue weighted by molar-refractivity contribution is 6.03. The molecule has 2 heterocycles. The van der Waals surface area contributed by atoms with Crippen LogP contribution < -0.4 is 5.32 Å². The molecule has 0 aliphatic heterocycles. The zero-order chi connectivity index (χ0) is 11.4. The van der Waals surface area contributed by atoms with Gasteiger partial charge in [-0.15, -0.1) is 0 Å². The molecule has 1 N–H and O–H groups in total. The summed E-state index contributed by atoms with van der Waals surface area (Å²) in [5, 5.41) is 2.63. The predicted octanol–water partition coefficient (Wildman–Crippen LogP) is 1.43. The number of rotatable bonds is 2. The van der Waals surface area contributed by atoms with Crippen molar-refractivity contribution in [1.29, 1.82) is 0 Å². The third-order valence-electron chi connectivity index (χ3n) is 1.94. The Morgan fingerprint density at radius 2 is 2.06 bits per heavy atom. The van der Waals surface area contributed by atoms with Gasteiger partial charge in [-0.1, -0.05) is 0 Å². The van der Waals surface area contributed by atoms with Gasteiger partial charge in [-0.2, -0.15) is 0 Å². The lowest BCUT2D eigenvalue weighted by Gasteiger charge is -2.03. The first-order valence-electron chi connectivity index (χ1n) is 4.75. The lowest BCUT2D eigenvalue weighted by molar-refractivity contribution is 0.102. The zero-order valence-corrected chi connectivity index (χ0v) is 8.71. The standard InChI is InChI=1S/C11H10N4O/c1-8-4-9(6-13-5-8)11(16)15-10-7-12-2-3-14-10/h2-7H,1H3,(H,14,15,16). The van der Waals surface area contributed by atoms with E-state index in [0.29, 0.717) is 11.4 Å². The number of amides is 1. The summed E-state index contributed by atoms with van der Waals surface area (Å²) in [5.74, 6) is 0.186. The van der Waals surface area contributed by atoms with Crippen molar-refractivity contribution < 1.29 is 4.79 Å². The molecule has 0 fully saturated rings. The first-order valence-corrected chi connectivity index (χ1v) is 4.75. The molecule has 0 unspecified atom stereocenters. The number of nitrogens with one attached hydrogen (secondary N) is 1. The minimum absolute atomic E-state index is 0.239. The molecule has 0 aromatic carbocycles. The second-order valence-electron chi connectivity index (χ2n) is 3.30. The molecular weight excluding hydrogens is 204 g/mol. The summed E-state index contributed by atoms with van der Waals surface area (Å²) in [5.41, 5.74) is 1.44. The van der Waals surface area contributed by atoms with Crippen LogP contribution in [0.2, 0.25) is 0 Å². The highest BCUT2D eigenvalue weighted by Gasteiger charge is 2.06. The van der Waals surface area contributed by atoms with Gasteiger partial charge < -0.3 is 5.32 Å². The molecule has 0 saturated heterocycles. The van der Waals surface area contributed by atoms with E-state index in [1.54, 1.807) is 18.5 Å². The average Bonchev–Trinajstić information content (AvgIpc) is 2.30. The highest BCUT2D eigenvalue weighted by Crippen LogP contribution is 2.05. The van der Waals surface area contributed by atoms with Gasteiger partial charge in [0.2, 0.25) is 0 Å². The fraction of sp³-hybridized carbons (Fsp3) is 0.0909. The van der Waals surface area contributed by atoms with Crippen LogP contribution in [0.1, 0.15) is 15.9 Å². The SMILES string of the molecule is Cc1cncc(C(=O)Nc2cnccn2)c1. The highest BCUT2D eigenvalue weighted by atomic mass is 16.1. The summed E-state index contributed by atoms with van der Waals surface area (Å²) in [6.07, 6.45) is 7.76. The van der Waals surface area contributed by atoms with E-state index in [-0.39, 0.29) is 5.91 Å². The van der Waals surface area contributed by atoms with Crippen LogP contribution in [0.5, 0.6) is 0 Å².